The summed E-state index contributed by atoms with van der Waals surface area (Å²) in [4.78, 5) is 32.7. The number of fused-ring (bicyclic) bond motifs is 1. The zero-order valence-electron chi connectivity index (χ0n) is 14.9. The smallest absolute Gasteiger partial charge is 0.406 e. The Hall–Kier alpha value is -3.95. The molecule has 0 radical (unpaired) electrons. The lowest BCUT2D eigenvalue weighted by atomic mass is 10.3. The normalized spacial score (nSPS) is 10.8. The molecule has 9 nitrogen and oxygen atoms in total. The van der Waals surface area contributed by atoms with Gasteiger partial charge < -0.3 is 4.74 Å². The molecule has 0 aromatic carbocycles. The van der Waals surface area contributed by atoms with E-state index in [0.717, 1.165) is 0 Å². The Bertz CT molecular complexity index is 1180. The van der Waals surface area contributed by atoms with Gasteiger partial charge in [0, 0.05) is 18.6 Å². The van der Waals surface area contributed by atoms with Crippen LogP contribution >= 0.6 is 0 Å². The van der Waals surface area contributed by atoms with Crippen molar-refractivity contribution in [1.29, 1.82) is 0 Å². The quantitative estimate of drug-likeness (QED) is 0.545. The van der Waals surface area contributed by atoms with Gasteiger partial charge in [-0.05, 0) is 37.6 Å². The van der Waals surface area contributed by atoms with Crippen molar-refractivity contribution in [1.82, 2.24) is 29.6 Å². The minimum absolute atomic E-state index is 0.189. The van der Waals surface area contributed by atoms with E-state index in [0.29, 0.717) is 33.9 Å². The van der Waals surface area contributed by atoms with Gasteiger partial charge in [0.2, 0.25) is 5.95 Å². The summed E-state index contributed by atoms with van der Waals surface area (Å²) in [5.41, 5.74) is 4.71. The van der Waals surface area contributed by atoms with Crippen molar-refractivity contribution in [3.8, 4) is 17.4 Å². The second-order valence-electron chi connectivity index (χ2n) is 5.90. The SMILES string of the molecule is Cc1nc(-c2ncccn2)ncc1OC(=O)Nn1cc(C)c2nc(F)ccc21. The van der Waals surface area contributed by atoms with Crippen molar-refractivity contribution in [2.45, 2.75) is 13.8 Å². The van der Waals surface area contributed by atoms with Crippen LogP contribution in [-0.4, -0.2) is 35.7 Å². The topological polar surface area (TPSA) is 108 Å². The number of nitrogens with zero attached hydrogens (tertiary/aromatic N) is 6. The standard InChI is InChI=1S/C18H14FN7O2/c1-10-9-26(12-4-5-14(19)24-15(10)12)25-18(27)28-13-8-22-17(23-11(13)2)16-20-6-3-7-21-16/h3-9H,1-2H3,(H,25,27). The molecule has 0 aliphatic carbocycles. The number of carbonyl (C=O) groups is 1. The van der Waals surface area contributed by atoms with E-state index in [1.807, 2.05) is 0 Å². The van der Waals surface area contributed by atoms with Gasteiger partial charge in [-0.25, -0.2) is 35.1 Å². The molecule has 0 atom stereocenters. The van der Waals surface area contributed by atoms with Gasteiger partial charge in [-0.15, -0.1) is 0 Å². The number of carbonyl (C=O) groups excluding carboxylic acids is 1. The van der Waals surface area contributed by atoms with Crippen LogP contribution in [0.2, 0.25) is 0 Å². The first-order valence-electron chi connectivity index (χ1n) is 8.25. The maximum atomic E-state index is 13.3. The monoisotopic (exact) mass is 379 g/mol. The first kappa shape index (κ1) is 17.5. The molecule has 140 valence electrons. The zero-order valence-corrected chi connectivity index (χ0v) is 14.9. The number of hydrogen-bond acceptors (Lipinski definition) is 7. The molecule has 4 aromatic rings. The predicted molar refractivity (Wildman–Crippen MR) is 97.6 cm³/mol. The molecule has 1 N–H and O–H groups in total. The molecule has 0 saturated carbocycles. The van der Waals surface area contributed by atoms with Gasteiger partial charge in [0.05, 0.1) is 22.9 Å². The van der Waals surface area contributed by atoms with Crippen LogP contribution in [0.15, 0.2) is 43.0 Å². The number of aromatic nitrogens is 6. The zero-order chi connectivity index (χ0) is 19.7. The van der Waals surface area contributed by atoms with Crippen molar-refractivity contribution in [2.75, 3.05) is 5.43 Å². The molecule has 4 rings (SSSR count). The van der Waals surface area contributed by atoms with Gasteiger partial charge in [-0.1, -0.05) is 0 Å². The number of halogens is 1. The Kier molecular flexibility index (Phi) is 4.36. The Morgan fingerprint density at radius 2 is 1.89 bits per heavy atom. The van der Waals surface area contributed by atoms with Gasteiger partial charge in [0.15, 0.2) is 17.4 Å². The lowest BCUT2D eigenvalue weighted by Gasteiger charge is -2.10. The molecule has 4 aromatic heterocycles. The number of nitrogens with one attached hydrogen (secondary N) is 1. The summed E-state index contributed by atoms with van der Waals surface area (Å²) in [6.07, 6.45) is 5.42. The molecule has 10 heteroatoms. The van der Waals surface area contributed by atoms with Crippen molar-refractivity contribution < 1.29 is 13.9 Å². The van der Waals surface area contributed by atoms with E-state index in [1.165, 1.54) is 23.0 Å². The van der Waals surface area contributed by atoms with E-state index >= 15 is 0 Å². The minimum Gasteiger partial charge on any atom is -0.406 e. The second kappa shape index (κ2) is 6.99. The lowest BCUT2D eigenvalue weighted by molar-refractivity contribution is 0.211. The number of rotatable bonds is 3. The third-order valence-electron chi connectivity index (χ3n) is 3.91. The fourth-order valence-electron chi connectivity index (χ4n) is 2.63. The van der Waals surface area contributed by atoms with Crippen LogP contribution in [0.4, 0.5) is 9.18 Å². The fourth-order valence-corrected chi connectivity index (χ4v) is 2.63. The maximum absolute atomic E-state index is 13.3. The summed E-state index contributed by atoms with van der Waals surface area (Å²) < 4.78 is 20.0. The molecular weight excluding hydrogens is 365 g/mol. The average molecular weight is 379 g/mol. The average Bonchev–Trinajstić information content (AvgIpc) is 2.99. The van der Waals surface area contributed by atoms with Crippen LogP contribution < -0.4 is 10.2 Å². The Morgan fingerprint density at radius 3 is 2.64 bits per heavy atom. The first-order chi connectivity index (χ1) is 13.5. The fraction of sp³-hybridized carbons (Fsp3) is 0.111. The molecule has 0 bridgehead atoms. The summed E-state index contributed by atoms with van der Waals surface area (Å²) in [6.45, 7) is 3.44. The summed E-state index contributed by atoms with van der Waals surface area (Å²) in [6, 6.07) is 4.43. The third kappa shape index (κ3) is 3.34. The molecule has 4 heterocycles. The van der Waals surface area contributed by atoms with E-state index < -0.39 is 12.0 Å². The molecule has 0 fully saturated rings. The van der Waals surface area contributed by atoms with E-state index in [-0.39, 0.29) is 5.75 Å². The van der Waals surface area contributed by atoms with Gasteiger partial charge in [0.1, 0.15) is 0 Å². The number of pyridine rings is 1. The van der Waals surface area contributed by atoms with Gasteiger partial charge >= 0.3 is 6.09 Å². The van der Waals surface area contributed by atoms with Crippen LogP contribution in [-0.2, 0) is 0 Å². The molecule has 0 saturated heterocycles. The van der Waals surface area contributed by atoms with Crippen molar-refractivity contribution in [3.63, 3.8) is 0 Å². The van der Waals surface area contributed by atoms with E-state index in [4.69, 9.17) is 4.74 Å². The van der Waals surface area contributed by atoms with Crippen molar-refractivity contribution in [3.05, 3.63) is 60.2 Å². The number of aryl methyl sites for hydroxylation is 2. The van der Waals surface area contributed by atoms with Crippen molar-refractivity contribution in [2.24, 2.45) is 0 Å². The first-order valence-corrected chi connectivity index (χ1v) is 8.25. The highest BCUT2D eigenvalue weighted by molar-refractivity contribution is 5.84. The summed E-state index contributed by atoms with van der Waals surface area (Å²) >= 11 is 0. The van der Waals surface area contributed by atoms with Crippen LogP contribution in [0.1, 0.15) is 11.3 Å². The second-order valence-corrected chi connectivity index (χ2v) is 5.90. The Labute approximate surface area is 158 Å². The van der Waals surface area contributed by atoms with Gasteiger partial charge in [-0.2, -0.15) is 4.39 Å². The van der Waals surface area contributed by atoms with Gasteiger partial charge in [-0.3, -0.25) is 4.68 Å². The Balaban J connectivity index is 1.53. The van der Waals surface area contributed by atoms with E-state index in [9.17, 15) is 9.18 Å². The Morgan fingerprint density at radius 1 is 1.11 bits per heavy atom. The highest BCUT2D eigenvalue weighted by Crippen LogP contribution is 2.20. The number of ether oxygens (including phenoxy) is 1. The molecular formula is C18H14FN7O2. The number of amides is 1. The molecule has 0 aliphatic heterocycles. The van der Waals surface area contributed by atoms with Crippen LogP contribution in [0, 0.1) is 19.8 Å². The molecule has 1 amide bonds. The maximum Gasteiger partial charge on any atom is 0.432 e. The summed E-state index contributed by atoms with van der Waals surface area (Å²) in [7, 11) is 0. The molecule has 0 aliphatic rings. The van der Waals surface area contributed by atoms with Gasteiger partial charge in [0.25, 0.3) is 0 Å². The number of hydrogen-bond donors (Lipinski definition) is 1. The van der Waals surface area contributed by atoms with E-state index in [2.05, 4.69) is 30.3 Å². The van der Waals surface area contributed by atoms with Crippen molar-refractivity contribution >= 4 is 17.1 Å². The predicted octanol–water partition coefficient (Wildman–Crippen LogP) is 2.78. The highest BCUT2D eigenvalue weighted by atomic mass is 19.1. The van der Waals surface area contributed by atoms with Crippen LogP contribution in [0.3, 0.4) is 0 Å². The molecule has 0 unspecified atom stereocenters. The minimum atomic E-state index is -0.753. The summed E-state index contributed by atoms with van der Waals surface area (Å²) in [5, 5.41) is 0. The lowest BCUT2D eigenvalue weighted by Crippen LogP contribution is -2.25. The van der Waals surface area contributed by atoms with Crippen LogP contribution in [0.5, 0.6) is 5.75 Å². The largest absolute Gasteiger partial charge is 0.432 e. The highest BCUT2D eigenvalue weighted by Gasteiger charge is 2.14. The summed E-state index contributed by atoms with van der Waals surface area (Å²) in [5.74, 6) is 0.294. The molecule has 0 spiro atoms. The molecule has 28 heavy (non-hydrogen) atoms. The van der Waals surface area contributed by atoms with E-state index in [1.54, 1.807) is 38.5 Å². The van der Waals surface area contributed by atoms with Crippen LogP contribution in [0.25, 0.3) is 22.7 Å². The third-order valence-corrected chi connectivity index (χ3v) is 3.91.